The SMILES string of the molecule is O=C(Nc1ccc(CCNc2ncnc3cc(Br)sc23)cc1)c1cccc(C(F)(F)F)c1. The van der Waals surface area contributed by atoms with Crippen LogP contribution in [0.3, 0.4) is 0 Å². The molecular formula is C22H16BrF3N4OS. The van der Waals surface area contributed by atoms with Gasteiger partial charge in [-0.05, 0) is 64.3 Å². The molecule has 0 bridgehead atoms. The predicted molar refractivity (Wildman–Crippen MR) is 123 cm³/mol. The van der Waals surface area contributed by atoms with Crippen LogP contribution in [0, 0.1) is 0 Å². The number of hydrogen-bond donors (Lipinski definition) is 2. The number of nitrogens with zero attached hydrogens (tertiary/aromatic N) is 2. The molecule has 0 unspecified atom stereocenters. The van der Waals surface area contributed by atoms with E-state index in [9.17, 15) is 18.0 Å². The van der Waals surface area contributed by atoms with Gasteiger partial charge < -0.3 is 10.6 Å². The summed E-state index contributed by atoms with van der Waals surface area (Å²) < 4.78 is 40.5. The standard InChI is InChI=1S/C22H16BrF3N4OS/c23-18-11-17-19(32-18)20(29-12-28-17)27-9-8-13-4-6-16(7-5-13)30-21(31)14-2-1-3-15(10-14)22(24,25)26/h1-7,10-12H,8-9H2,(H,30,31)(H,27,28,29). The Morgan fingerprint density at radius 3 is 2.59 bits per heavy atom. The van der Waals surface area contributed by atoms with E-state index in [1.54, 1.807) is 23.5 Å². The summed E-state index contributed by atoms with van der Waals surface area (Å²) in [5.41, 5.74) is 1.51. The molecule has 0 aliphatic rings. The van der Waals surface area contributed by atoms with Crippen molar-refractivity contribution in [3.63, 3.8) is 0 Å². The molecule has 2 aromatic heterocycles. The summed E-state index contributed by atoms with van der Waals surface area (Å²) in [6, 6.07) is 13.4. The lowest BCUT2D eigenvalue weighted by Gasteiger charge is -2.10. The fourth-order valence-electron chi connectivity index (χ4n) is 3.07. The Kier molecular flexibility index (Phi) is 6.43. The van der Waals surface area contributed by atoms with Crippen molar-refractivity contribution in [2.24, 2.45) is 0 Å². The highest BCUT2D eigenvalue weighted by Crippen LogP contribution is 2.32. The van der Waals surface area contributed by atoms with Crippen LogP contribution in [0.1, 0.15) is 21.5 Å². The van der Waals surface area contributed by atoms with Gasteiger partial charge >= 0.3 is 6.18 Å². The van der Waals surface area contributed by atoms with Crippen molar-refractivity contribution in [2.75, 3.05) is 17.2 Å². The van der Waals surface area contributed by atoms with E-state index in [0.717, 1.165) is 43.9 Å². The van der Waals surface area contributed by atoms with Crippen LogP contribution >= 0.6 is 27.3 Å². The molecule has 0 saturated carbocycles. The summed E-state index contributed by atoms with van der Waals surface area (Å²) in [5, 5.41) is 5.94. The second kappa shape index (κ2) is 9.25. The number of benzene rings is 2. The molecule has 0 fully saturated rings. The molecule has 0 atom stereocenters. The number of hydrogen-bond acceptors (Lipinski definition) is 5. The lowest BCUT2D eigenvalue weighted by atomic mass is 10.1. The summed E-state index contributed by atoms with van der Waals surface area (Å²) in [6.45, 7) is 0.650. The smallest absolute Gasteiger partial charge is 0.368 e. The molecule has 2 aromatic carbocycles. The van der Waals surface area contributed by atoms with Gasteiger partial charge in [0.25, 0.3) is 5.91 Å². The molecule has 4 aromatic rings. The Morgan fingerprint density at radius 1 is 1.06 bits per heavy atom. The number of carbonyl (C=O) groups excluding carboxylic acids is 1. The molecule has 2 N–H and O–H groups in total. The number of anilines is 2. The highest BCUT2D eigenvalue weighted by Gasteiger charge is 2.30. The molecule has 5 nitrogen and oxygen atoms in total. The number of halogens is 4. The summed E-state index contributed by atoms with van der Waals surface area (Å²) in [5.74, 6) is 0.177. The topological polar surface area (TPSA) is 66.9 Å². The number of rotatable bonds is 6. The van der Waals surface area contributed by atoms with Gasteiger partial charge in [-0.1, -0.05) is 18.2 Å². The first-order chi connectivity index (χ1) is 15.3. The van der Waals surface area contributed by atoms with Crippen molar-refractivity contribution in [1.82, 2.24) is 9.97 Å². The molecule has 1 amide bonds. The zero-order valence-electron chi connectivity index (χ0n) is 16.4. The molecule has 2 heterocycles. The van der Waals surface area contributed by atoms with Gasteiger partial charge in [0, 0.05) is 17.8 Å². The molecule has 0 radical (unpaired) electrons. The van der Waals surface area contributed by atoms with Crippen LogP contribution in [-0.4, -0.2) is 22.4 Å². The third-order valence-corrected chi connectivity index (χ3v) is 6.29. The van der Waals surface area contributed by atoms with E-state index in [2.05, 4.69) is 36.5 Å². The van der Waals surface area contributed by atoms with Crippen molar-refractivity contribution in [1.29, 1.82) is 0 Å². The summed E-state index contributed by atoms with van der Waals surface area (Å²) in [7, 11) is 0. The maximum atomic E-state index is 12.8. The molecule has 4 rings (SSSR count). The van der Waals surface area contributed by atoms with Crippen LogP contribution < -0.4 is 10.6 Å². The van der Waals surface area contributed by atoms with Gasteiger partial charge in [-0.3, -0.25) is 4.79 Å². The van der Waals surface area contributed by atoms with Gasteiger partial charge in [-0.25, -0.2) is 9.97 Å². The van der Waals surface area contributed by atoms with Crippen LogP contribution in [0.5, 0.6) is 0 Å². The second-order valence-electron chi connectivity index (χ2n) is 6.89. The maximum absolute atomic E-state index is 12.8. The Morgan fingerprint density at radius 2 is 1.84 bits per heavy atom. The van der Waals surface area contributed by atoms with E-state index in [-0.39, 0.29) is 5.56 Å². The number of carbonyl (C=O) groups is 1. The van der Waals surface area contributed by atoms with Crippen molar-refractivity contribution < 1.29 is 18.0 Å². The van der Waals surface area contributed by atoms with E-state index in [0.29, 0.717) is 12.2 Å². The molecule has 10 heteroatoms. The monoisotopic (exact) mass is 520 g/mol. The van der Waals surface area contributed by atoms with Crippen molar-refractivity contribution >= 4 is 54.9 Å². The van der Waals surface area contributed by atoms with E-state index < -0.39 is 17.6 Å². The third kappa shape index (κ3) is 5.25. The maximum Gasteiger partial charge on any atom is 0.416 e. The molecule has 164 valence electrons. The van der Waals surface area contributed by atoms with Crippen molar-refractivity contribution in [3.8, 4) is 0 Å². The van der Waals surface area contributed by atoms with Gasteiger partial charge in [0.05, 0.1) is 19.6 Å². The number of fused-ring (bicyclic) bond motifs is 1. The molecule has 32 heavy (non-hydrogen) atoms. The van der Waals surface area contributed by atoms with E-state index in [1.165, 1.54) is 18.5 Å². The van der Waals surface area contributed by atoms with E-state index >= 15 is 0 Å². The van der Waals surface area contributed by atoms with E-state index in [4.69, 9.17) is 0 Å². The minimum absolute atomic E-state index is 0.0514. The Balaban J connectivity index is 1.34. The molecule has 0 spiro atoms. The predicted octanol–water partition coefficient (Wildman–Crippen LogP) is 6.38. The Bertz CT molecular complexity index is 1260. The number of amides is 1. The lowest BCUT2D eigenvalue weighted by molar-refractivity contribution is -0.137. The molecular weight excluding hydrogens is 505 g/mol. The minimum atomic E-state index is -4.50. The second-order valence-corrected chi connectivity index (χ2v) is 9.32. The van der Waals surface area contributed by atoms with Crippen LogP contribution in [0.15, 0.2) is 64.7 Å². The molecule has 0 aliphatic heterocycles. The van der Waals surface area contributed by atoms with Crippen LogP contribution in [-0.2, 0) is 12.6 Å². The third-order valence-electron chi connectivity index (χ3n) is 4.65. The van der Waals surface area contributed by atoms with E-state index in [1.807, 2.05) is 18.2 Å². The van der Waals surface area contributed by atoms with Crippen LogP contribution in [0.4, 0.5) is 24.7 Å². The molecule has 0 aliphatic carbocycles. The first-order valence-corrected chi connectivity index (χ1v) is 11.1. The average molecular weight is 521 g/mol. The highest BCUT2D eigenvalue weighted by atomic mass is 79.9. The van der Waals surface area contributed by atoms with Gasteiger partial charge in [-0.15, -0.1) is 11.3 Å². The zero-order valence-corrected chi connectivity index (χ0v) is 18.8. The quantitative estimate of drug-likeness (QED) is 0.309. The number of thiophene rings is 1. The first kappa shape index (κ1) is 22.2. The zero-order chi connectivity index (χ0) is 22.7. The van der Waals surface area contributed by atoms with Gasteiger partial charge in [-0.2, -0.15) is 13.2 Å². The average Bonchev–Trinajstić information content (AvgIpc) is 3.15. The summed E-state index contributed by atoms with van der Waals surface area (Å²) >= 11 is 5.02. The fraction of sp³-hybridized carbons (Fsp3) is 0.136. The minimum Gasteiger partial charge on any atom is -0.368 e. The number of alkyl halides is 3. The summed E-state index contributed by atoms with van der Waals surface area (Å²) in [4.78, 5) is 20.9. The van der Waals surface area contributed by atoms with Crippen LogP contribution in [0.2, 0.25) is 0 Å². The Hall–Kier alpha value is -2.98. The van der Waals surface area contributed by atoms with Gasteiger partial charge in [0.2, 0.25) is 0 Å². The van der Waals surface area contributed by atoms with Crippen molar-refractivity contribution in [2.45, 2.75) is 12.6 Å². The van der Waals surface area contributed by atoms with Gasteiger partial charge in [0.15, 0.2) is 0 Å². The largest absolute Gasteiger partial charge is 0.416 e. The lowest BCUT2D eigenvalue weighted by Crippen LogP contribution is -2.14. The normalized spacial score (nSPS) is 11.5. The van der Waals surface area contributed by atoms with Gasteiger partial charge in [0.1, 0.15) is 12.1 Å². The summed E-state index contributed by atoms with van der Waals surface area (Å²) in [6.07, 6.45) is -2.25. The Labute approximate surface area is 193 Å². The van der Waals surface area contributed by atoms with Crippen molar-refractivity contribution in [3.05, 3.63) is 81.4 Å². The van der Waals surface area contributed by atoms with Crippen LogP contribution in [0.25, 0.3) is 10.2 Å². The number of aromatic nitrogens is 2. The highest BCUT2D eigenvalue weighted by molar-refractivity contribution is 9.11. The number of nitrogens with one attached hydrogen (secondary N) is 2. The fourth-order valence-corrected chi connectivity index (χ4v) is 4.58. The first-order valence-electron chi connectivity index (χ1n) is 9.51. The molecule has 0 saturated heterocycles.